The second kappa shape index (κ2) is 10.3. The van der Waals surface area contributed by atoms with E-state index in [1.54, 1.807) is 30.3 Å². The van der Waals surface area contributed by atoms with Gasteiger partial charge in [-0.05, 0) is 22.8 Å². The molecule has 0 saturated carbocycles. The van der Waals surface area contributed by atoms with E-state index < -0.39 is 10.1 Å². The van der Waals surface area contributed by atoms with Crippen LogP contribution in [0.25, 0.3) is 23.3 Å². The Kier molecular flexibility index (Phi) is 7.33. The van der Waals surface area contributed by atoms with Crippen LogP contribution in [0, 0.1) is 0 Å². The number of hydrogen-bond donors (Lipinski definition) is 1. The van der Waals surface area contributed by atoms with Crippen molar-refractivity contribution in [3.8, 4) is 11.1 Å². The zero-order valence-corrected chi connectivity index (χ0v) is 17.1. The fraction of sp³-hybridized carbons (Fsp3) is 0. The van der Waals surface area contributed by atoms with Gasteiger partial charge in [-0.2, -0.15) is 8.42 Å². The van der Waals surface area contributed by atoms with Crippen LogP contribution in [0.2, 0.25) is 0 Å². The third-order valence-electron chi connectivity index (χ3n) is 4.32. The largest absolute Gasteiger partial charge is 0.295 e. The maximum Gasteiger partial charge on any atom is 0.295 e. The molecule has 1 N–H and O–H groups in total. The van der Waals surface area contributed by atoms with Crippen LogP contribution in [0.1, 0.15) is 11.1 Å². The molecule has 0 aliphatic carbocycles. The van der Waals surface area contributed by atoms with Crippen LogP contribution in [0.15, 0.2) is 120 Å². The lowest BCUT2D eigenvalue weighted by Crippen LogP contribution is -2.00. The third kappa shape index (κ3) is 6.27. The second-order valence-corrected chi connectivity index (χ2v) is 7.88. The van der Waals surface area contributed by atoms with Gasteiger partial charge in [0.2, 0.25) is 0 Å². The lowest BCUT2D eigenvalue weighted by Gasteiger charge is -2.06. The van der Waals surface area contributed by atoms with Gasteiger partial charge in [-0.1, -0.05) is 121 Å². The van der Waals surface area contributed by atoms with E-state index >= 15 is 0 Å². The molecule has 0 atom stereocenters. The fourth-order valence-corrected chi connectivity index (χ4v) is 3.58. The Balaban J connectivity index is 0.000000172. The first-order valence-electron chi connectivity index (χ1n) is 9.44. The van der Waals surface area contributed by atoms with E-state index in [0.717, 1.165) is 5.56 Å². The fourth-order valence-electron chi connectivity index (χ4n) is 2.87. The molecule has 0 bridgehead atoms. The van der Waals surface area contributed by atoms with Crippen molar-refractivity contribution in [3.05, 3.63) is 126 Å². The van der Waals surface area contributed by atoms with Gasteiger partial charge in [0.1, 0.15) is 4.90 Å². The van der Waals surface area contributed by atoms with E-state index in [1.165, 1.54) is 17.2 Å². The average molecular weight is 415 g/mol. The van der Waals surface area contributed by atoms with Crippen LogP contribution in [0.5, 0.6) is 0 Å². The third-order valence-corrected chi connectivity index (χ3v) is 5.23. The molecule has 0 aromatic heterocycles. The molecule has 150 valence electrons. The maximum absolute atomic E-state index is 11.2. The highest BCUT2D eigenvalue weighted by Gasteiger charge is 2.15. The normalized spacial score (nSPS) is 11.0. The summed E-state index contributed by atoms with van der Waals surface area (Å²) in [6, 6.07) is 36.1. The standard InChI is InChI=1S/C14H12.C12H10O3S/c1-3-7-13(8-4-1)11-12-14-9-5-2-6-10-14;13-16(14,15)12-9-5-4-8-11(12)10-6-2-1-3-7-10/h1-12H;1-9H,(H,13,14,15). The highest BCUT2D eigenvalue weighted by Crippen LogP contribution is 2.26. The van der Waals surface area contributed by atoms with Crippen LogP contribution in [0.3, 0.4) is 0 Å². The zero-order chi connectivity index (χ0) is 21.2. The van der Waals surface area contributed by atoms with Crippen molar-refractivity contribution in [2.24, 2.45) is 0 Å². The van der Waals surface area contributed by atoms with Crippen molar-refractivity contribution in [2.45, 2.75) is 4.90 Å². The molecule has 4 rings (SSSR count). The Morgan fingerprint density at radius 2 is 0.933 bits per heavy atom. The molecular weight excluding hydrogens is 392 g/mol. The number of hydrogen-bond acceptors (Lipinski definition) is 2. The van der Waals surface area contributed by atoms with E-state index in [2.05, 4.69) is 36.4 Å². The first-order chi connectivity index (χ1) is 14.5. The predicted molar refractivity (Wildman–Crippen MR) is 124 cm³/mol. The average Bonchev–Trinajstić information content (AvgIpc) is 2.80. The van der Waals surface area contributed by atoms with Crippen molar-refractivity contribution < 1.29 is 13.0 Å². The number of rotatable bonds is 4. The molecule has 0 heterocycles. The van der Waals surface area contributed by atoms with Crippen LogP contribution in [-0.4, -0.2) is 13.0 Å². The van der Waals surface area contributed by atoms with E-state index in [0.29, 0.717) is 5.56 Å². The SMILES string of the molecule is C(=Cc1ccccc1)c1ccccc1.O=S(=O)(O)c1ccccc1-c1ccccc1. The van der Waals surface area contributed by atoms with Crippen molar-refractivity contribution >= 4 is 22.3 Å². The van der Waals surface area contributed by atoms with E-state index in [9.17, 15) is 8.42 Å². The molecular formula is C26H22O3S. The summed E-state index contributed by atoms with van der Waals surface area (Å²) in [6.07, 6.45) is 4.24. The van der Waals surface area contributed by atoms with E-state index in [1.807, 2.05) is 54.6 Å². The maximum atomic E-state index is 11.2. The van der Waals surface area contributed by atoms with Crippen LogP contribution < -0.4 is 0 Å². The van der Waals surface area contributed by atoms with Gasteiger partial charge in [-0.25, -0.2) is 0 Å². The van der Waals surface area contributed by atoms with Gasteiger partial charge in [-0.15, -0.1) is 0 Å². The van der Waals surface area contributed by atoms with Gasteiger partial charge in [0.15, 0.2) is 0 Å². The van der Waals surface area contributed by atoms with Crippen molar-refractivity contribution in [1.29, 1.82) is 0 Å². The summed E-state index contributed by atoms with van der Waals surface area (Å²) in [7, 11) is -4.18. The molecule has 0 aliphatic heterocycles. The van der Waals surface area contributed by atoms with Gasteiger partial charge < -0.3 is 0 Å². The van der Waals surface area contributed by atoms with Gasteiger partial charge in [0, 0.05) is 5.56 Å². The molecule has 4 heteroatoms. The second-order valence-electron chi connectivity index (χ2n) is 6.49. The topological polar surface area (TPSA) is 54.4 Å². The molecule has 30 heavy (non-hydrogen) atoms. The van der Waals surface area contributed by atoms with Crippen LogP contribution in [0.4, 0.5) is 0 Å². The van der Waals surface area contributed by atoms with Gasteiger partial charge >= 0.3 is 0 Å². The van der Waals surface area contributed by atoms with Gasteiger partial charge in [0.05, 0.1) is 0 Å². The minimum atomic E-state index is -4.18. The minimum Gasteiger partial charge on any atom is -0.282 e. The van der Waals surface area contributed by atoms with Gasteiger partial charge in [0.25, 0.3) is 10.1 Å². The van der Waals surface area contributed by atoms with Crippen molar-refractivity contribution in [3.63, 3.8) is 0 Å². The summed E-state index contributed by atoms with van der Waals surface area (Å²) >= 11 is 0. The summed E-state index contributed by atoms with van der Waals surface area (Å²) in [4.78, 5) is -0.0683. The Bertz CT molecular complexity index is 1140. The lowest BCUT2D eigenvalue weighted by atomic mass is 10.1. The Morgan fingerprint density at radius 3 is 1.40 bits per heavy atom. The smallest absolute Gasteiger partial charge is 0.282 e. The first-order valence-corrected chi connectivity index (χ1v) is 10.9. The molecule has 0 amide bonds. The Hall–Kier alpha value is -3.47. The molecule has 0 spiro atoms. The quantitative estimate of drug-likeness (QED) is 0.308. The summed E-state index contributed by atoms with van der Waals surface area (Å²) < 4.78 is 31.5. The van der Waals surface area contributed by atoms with Crippen molar-refractivity contribution in [1.82, 2.24) is 0 Å². The lowest BCUT2D eigenvalue weighted by molar-refractivity contribution is 0.483. The number of benzene rings is 4. The highest BCUT2D eigenvalue weighted by molar-refractivity contribution is 7.86. The molecule has 0 radical (unpaired) electrons. The van der Waals surface area contributed by atoms with Crippen LogP contribution in [-0.2, 0) is 10.1 Å². The summed E-state index contributed by atoms with van der Waals surface area (Å²) in [6.45, 7) is 0. The monoisotopic (exact) mass is 414 g/mol. The predicted octanol–water partition coefficient (Wildman–Crippen LogP) is 6.46. The minimum absolute atomic E-state index is 0.0683. The van der Waals surface area contributed by atoms with E-state index in [4.69, 9.17) is 4.55 Å². The Labute approximate surface area is 177 Å². The molecule has 4 aromatic carbocycles. The first kappa shape index (κ1) is 21.2. The Morgan fingerprint density at radius 1 is 0.533 bits per heavy atom. The zero-order valence-electron chi connectivity index (χ0n) is 16.3. The van der Waals surface area contributed by atoms with Crippen molar-refractivity contribution in [2.75, 3.05) is 0 Å². The molecule has 0 unspecified atom stereocenters. The summed E-state index contributed by atoms with van der Waals surface area (Å²) in [5.41, 5.74) is 3.73. The molecule has 3 nitrogen and oxygen atoms in total. The molecule has 4 aromatic rings. The van der Waals surface area contributed by atoms with Gasteiger partial charge in [-0.3, -0.25) is 4.55 Å². The molecule has 0 saturated heterocycles. The molecule has 0 fully saturated rings. The molecule has 0 aliphatic rings. The highest BCUT2D eigenvalue weighted by atomic mass is 32.2. The summed E-state index contributed by atoms with van der Waals surface area (Å²) in [5.74, 6) is 0. The van der Waals surface area contributed by atoms with Crippen LogP contribution >= 0.6 is 0 Å². The summed E-state index contributed by atoms with van der Waals surface area (Å²) in [5, 5.41) is 0. The van der Waals surface area contributed by atoms with E-state index in [-0.39, 0.29) is 4.90 Å².